The van der Waals surface area contributed by atoms with Gasteiger partial charge in [0.25, 0.3) is 0 Å². The molecule has 0 saturated carbocycles. The number of benzene rings is 1. The number of allylic oxidation sites excluding steroid dienone is 2. The van der Waals surface area contributed by atoms with E-state index in [1.54, 1.807) is 0 Å². The third-order valence-corrected chi connectivity index (χ3v) is 4.61. The average molecular weight is 331 g/mol. The summed E-state index contributed by atoms with van der Waals surface area (Å²) in [5.74, 6) is 1.01. The second kappa shape index (κ2) is 10.6. The Hall–Kier alpha value is -1.28. The first kappa shape index (κ1) is 19.1. The molecule has 0 spiro atoms. The minimum atomic E-state index is -0.0514. The Morgan fingerprint density at radius 1 is 1.04 bits per heavy atom. The standard InChI is InChI=1S/C22H34O2/c1-3-4-5-6-7-8-9-10-11-12-15-20-16-13-14-17-21(20)23-18-22(2)19-24-22/h10-11,13-14,16-17H,3-9,12,15,18-19H2,1-2H3/b11-10+. The van der Waals surface area contributed by atoms with Gasteiger partial charge < -0.3 is 9.47 Å². The van der Waals surface area contributed by atoms with Crippen molar-refractivity contribution < 1.29 is 9.47 Å². The number of rotatable bonds is 13. The molecule has 1 aromatic rings. The second-order valence-corrected chi connectivity index (χ2v) is 7.20. The van der Waals surface area contributed by atoms with E-state index in [1.165, 1.54) is 50.5 Å². The van der Waals surface area contributed by atoms with E-state index in [4.69, 9.17) is 9.47 Å². The highest BCUT2D eigenvalue weighted by Crippen LogP contribution is 2.28. The molecule has 1 aliphatic heterocycles. The first-order valence-electron chi connectivity index (χ1n) is 9.73. The van der Waals surface area contributed by atoms with E-state index >= 15 is 0 Å². The number of ether oxygens (including phenoxy) is 2. The fourth-order valence-electron chi connectivity index (χ4n) is 2.81. The van der Waals surface area contributed by atoms with Crippen LogP contribution in [0.1, 0.15) is 70.8 Å². The van der Waals surface area contributed by atoms with E-state index in [2.05, 4.69) is 44.2 Å². The van der Waals surface area contributed by atoms with Crippen molar-refractivity contribution in [2.24, 2.45) is 0 Å². The number of para-hydroxylation sites is 1. The van der Waals surface area contributed by atoms with Crippen LogP contribution in [0.15, 0.2) is 36.4 Å². The minimum absolute atomic E-state index is 0.0514. The van der Waals surface area contributed by atoms with Gasteiger partial charge in [-0.2, -0.15) is 0 Å². The van der Waals surface area contributed by atoms with E-state index in [1.807, 2.05) is 6.07 Å². The van der Waals surface area contributed by atoms with Crippen molar-refractivity contribution in [3.63, 3.8) is 0 Å². The molecule has 1 unspecified atom stereocenters. The summed E-state index contributed by atoms with van der Waals surface area (Å²) in [5, 5.41) is 0. The van der Waals surface area contributed by atoms with Gasteiger partial charge in [0.05, 0.1) is 6.61 Å². The number of epoxide rings is 1. The molecule has 24 heavy (non-hydrogen) atoms. The Morgan fingerprint density at radius 3 is 2.54 bits per heavy atom. The number of unbranched alkanes of at least 4 members (excludes halogenated alkanes) is 6. The number of aryl methyl sites for hydroxylation is 1. The molecule has 1 aromatic carbocycles. The van der Waals surface area contributed by atoms with Gasteiger partial charge in [-0.3, -0.25) is 0 Å². The molecule has 1 aliphatic rings. The van der Waals surface area contributed by atoms with E-state index in [0.717, 1.165) is 25.2 Å². The third kappa shape index (κ3) is 7.53. The quantitative estimate of drug-likeness (QED) is 0.248. The van der Waals surface area contributed by atoms with Crippen LogP contribution in [-0.2, 0) is 11.2 Å². The summed E-state index contributed by atoms with van der Waals surface area (Å²) in [4.78, 5) is 0. The Balaban J connectivity index is 1.60. The lowest BCUT2D eigenvalue weighted by Crippen LogP contribution is -2.17. The monoisotopic (exact) mass is 330 g/mol. The highest BCUT2D eigenvalue weighted by molar-refractivity contribution is 5.33. The summed E-state index contributed by atoms with van der Waals surface area (Å²) in [6, 6.07) is 8.38. The van der Waals surface area contributed by atoms with Crippen LogP contribution in [0.3, 0.4) is 0 Å². The molecule has 2 nitrogen and oxygen atoms in total. The molecule has 134 valence electrons. The lowest BCUT2D eigenvalue weighted by atomic mass is 10.1. The maximum atomic E-state index is 5.96. The normalized spacial score (nSPS) is 19.8. The van der Waals surface area contributed by atoms with Gasteiger partial charge in [-0.15, -0.1) is 0 Å². The largest absolute Gasteiger partial charge is 0.490 e. The molecule has 1 heterocycles. The molecule has 0 amide bonds. The van der Waals surface area contributed by atoms with Gasteiger partial charge in [0, 0.05) is 0 Å². The van der Waals surface area contributed by atoms with Gasteiger partial charge in [0.2, 0.25) is 0 Å². The fourth-order valence-corrected chi connectivity index (χ4v) is 2.81. The van der Waals surface area contributed by atoms with Gasteiger partial charge >= 0.3 is 0 Å². The van der Waals surface area contributed by atoms with Crippen molar-refractivity contribution in [2.75, 3.05) is 13.2 Å². The predicted octanol–water partition coefficient (Wildman–Crippen LogP) is 6.09. The third-order valence-electron chi connectivity index (χ3n) is 4.61. The zero-order valence-corrected chi connectivity index (χ0v) is 15.6. The van der Waals surface area contributed by atoms with E-state index in [0.29, 0.717) is 6.61 Å². The Bertz CT molecular complexity index is 488. The van der Waals surface area contributed by atoms with Crippen LogP contribution in [0.25, 0.3) is 0 Å². The van der Waals surface area contributed by atoms with Crippen molar-refractivity contribution >= 4 is 0 Å². The van der Waals surface area contributed by atoms with Crippen molar-refractivity contribution in [1.82, 2.24) is 0 Å². The van der Waals surface area contributed by atoms with Gasteiger partial charge in [-0.25, -0.2) is 0 Å². The molecule has 0 bridgehead atoms. The van der Waals surface area contributed by atoms with E-state index in [9.17, 15) is 0 Å². The number of hydrogen-bond acceptors (Lipinski definition) is 2. The molecule has 2 rings (SSSR count). The smallest absolute Gasteiger partial charge is 0.123 e. The van der Waals surface area contributed by atoms with Crippen LogP contribution in [0.5, 0.6) is 5.75 Å². The molecule has 2 heteroatoms. The first-order valence-corrected chi connectivity index (χ1v) is 9.73. The van der Waals surface area contributed by atoms with Crippen LogP contribution >= 0.6 is 0 Å². The zero-order chi connectivity index (χ0) is 17.1. The zero-order valence-electron chi connectivity index (χ0n) is 15.6. The van der Waals surface area contributed by atoms with Crippen LogP contribution in [0.2, 0.25) is 0 Å². The predicted molar refractivity (Wildman–Crippen MR) is 102 cm³/mol. The molecule has 0 aromatic heterocycles. The van der Waals surface area contributed by atoms with Gasteiger partial charge in [0.1, 0.15) is 18.0 Å². The molecular formula is C22H34O2. The van der Waals surface area contributed by atoms with Crippen LogP contribution in [-0.4, -0.2) is 18.8 Å². The van der Waals surface area contributed by atoms with E-state index in [-0.39, 0.29) is 5.60 Å². The van der Waals surface area contributed by atoms with Gasteiger partial charge in [0.15, 0.2) is 0 Å². The molecule has 0 N–H and O–H groups in total. The fraction of sp³-hybridized carbons (Fsp3) is 0.636. The highest BCUT2D eigenvalue weighted by Gasteiger charge is 2.40. The molecule has 1 fully saturated rings. The first-order chi connectivity index (χ1) is 11.7. The topological polar surface area (TPSA) is 21.8 Å². The summed E-state index contributed by atoms with van der Waals surface area (Å²) >= 11 is 0. The Labute approximate surface area is 148 Å². The van der Waals surface area contributed by atoms with Crippen LogP contribution < -0.4 is 4.74 Å². The van der Waals surface area contributed by atoms with Gasteiger partial charge in [-0.05, 0) is 44.2 Å². The summed E-state index contributed by atoms with van der Waals surface area (Å²) in [5.41, 5.74) is 1.25. The maximum Gasteiger partial charge on any atom is 0.123 e. The SMILES string of the molecule is CCCCCCCC/C=C/CCc1ccccc1OCC1(C)CO1. The summed E-state index contributed by atoms with van der Waals surface area (Å²) in [7, 11) is 0. The van der Waals surface area contributed by atoms with Crippen molar-refractivity contribution in [1.29, 1.82) is 0 Å². The Morgan fingerprint density at radius 2 is 1.75 bits per heavy atom. The summed E-state index contributed by atoms with van der Waals surface area (Å²) in [6.07, 6.45) is 16.3. The van der Waals surface area contributed by atoms with Crippen molar-refractivity contribution in [2.45, 2.75) is 77.2 Å². The van der Waals surface area contributed by atoms with Crippen LogP contribution in [0, 0.1) is 0 Å². The van der Waals surface area contributed by atoms with Crippen LogP contribution in [0.4, 0.5) is 0 Å². The Kier molecular flexibility index (Phi) is 8.38. The maximum absolute atomic E-state index is 5.96. The molecular weight excluding hydrogens is 296 g/mol. The molecule has 0 radical (unpaired) electrons. The summed E-state index contributed by atoms with van der Waals surface area (Å²) < 4.78 is 11.3. The number of hydrogen-bond donors (Lipinski definition) is 0. The lowest BCUT2D eigenvalue weighted by Gasteiger charge is -2.12. The van der Waals surface area contributed by atoms with E-state index < -0.39 is 0 Å². The lowest BCUT2D eigenvalue weighted by molar-refractivity contribution is 0.201. The molecule has 0 aliphatic carbocycles. The highest BCUT2D eigenvalue weighted by atomic mass is 16.6. The minimum Gasteiger partial charge on any atom is -0.490 e. The van der Waals surface area contributed by atoms with Crippen molar-refractivity contribution in [3.05, 3.63) is 42.0 Å². The van der Waals surface area contributed by atoms with Gasteiger partial charge in [-0.1, -0.05) is 69.4 Å². The van der Waals surface area contributed by atoms with Crippen molar-refractivity contribution in [3.8, 4) is 5.75 Å². The molecule has 1 atom stereocenters. The average Bonchev–Trinajstić information content (AvgIpc) is 3.33. The molecule has 1 saturated heterocycles. The summed E-state index contributed by atoms with van der Waals surface area (Å²) in [6.45, 7) is 5.83. The second-order valence-electron chi connectivity index (χ2n) is 7.20.